The number of amides is 2. The molecular formula is C6H9N5O4S2. The van der Waals surface area contributed by atoms with Crippen molar-refractivity contribution >= 4 is 33.2 Å². The smallest absolute Gasteiger partial charge is 0.267 e. The number of carbonyl (C=O) groups excluding carboxylic acids is 2. The second-order valence-corrected chi connectivity index (χ2v) is 5.82. The zero-order valence-electron chi connectivity index (χ0n) is 8.36. The third-order valence-electron chi connectivity index (χ3n) is 1.71. The van der Waals surface area contributed by atoms with Crippen LogP contribution in [0.5, 0.6) is 0 Å². The van der Waals surface area contributed by atoms with Gasteiger partial charge in [-0.2, -0.15) is 0 Å². The van der Waals surface area contributed by atoms with Crippen molar-refractivity contribution < 1.29 is 18.0 Å². The van der Waals surface area contributed by atoms with E-state index in [0.717, 1.165) is 0 Å². The van der Waals surface area contributed by atoms with Gasteiger partial charge in [0.15, 0.2) is 0 Å². The van der Waals surface area contributed by atoms with Crippen LogP contribution in [-0.2, 0) is 19.6 Å². The summed E-state index contributed by atoms with van der Waals surface area (Å²) in [6, 6.07) is 0. The van der Waals surface area contributed by atoms with Gasteiger partial charge in [-0.15, -0.1) is 10.2 Å². The van der Waals surface area contributed by atoms with Crippen LogP contribution in [0, 0.1) is 0 Å². The summed E-state index contributed by atoms with van der Waals surface area (Å²) in [5, 5.41) is 11.6. The van der Waals surface area contributed by atoms with Gasteiger partial charge in [0, 0.05) is 6.42 Å². The van der Waals surface area contributed by atoms with Gasteiger partial charge < -0.3 is 11.5 Å². The van der Waals surface area contributed by atoms with E-state index in [0.29, 0.717) is 11.3 Å². The Bertz CT molecular complexity index is 551. The lowest BCUT2D eigenvalue weighted by molar-refractivity contribution is -0.124. The number of primary amides is 2. The van der Waals surface area contributed by atoms with E-state index >= 15 is 0 Å². The normalized spacial score (nSPS) is 13.2. The molecule has 1 aromatic rings. The van der Waals surface area contributed by atoms with Crippen molar-refractivity contribution in [3.63, 3.8) is 0 Å². The van der Waals surface area contributed by atoms with E-state index in [1.165, 1.54) is 0 Å². The first-order valence-corrected chi connectivity index (χ1v) is 6.52. The minimum absolute atomic E-state index is 0.0136. The Morgan fingerprint density at radius 2 is 1.88 bits per heavy atom. The van der Waals surface area contributed by atoms with Crippen molar-refractivity contribution in [1.82, 2.24) is 10.2 Å². The quantitative estimate of drug-likeness (QED) is 0.543. The van der Waals surface area contributed by atoms with E-state index in [-0.39, 0.29) is 11.4 Å². The molecule has 0 saturated carbocycles. The van der Waals surface area contributed by atoms with Gasteiger partial charge in [-0.25, -0.2) is 13.6 Å². The molecule has 0 bridgehead atoms. The second kappa shape index (κ2) is 4.73. The number of aromatic nitrogens is 2. The highest BCUT2D eigenvalue weighted by Crippen LogP contribution is 2.24. The van der Waals surface area contributed by atoms with Gasteiger partial charge in [0.2, 0.25) is 16.2 Å². The van der Waals surface area contributed by atoms with E-state index in [4.69, 9.17) is 16.6 Å². The molecule has 0 aliphatic rings. The fourth-order valence-electron chi connectivity index (χ4n) is 0.987. The van der Waals surface area contributed by atoms with Crippen LogP contribution in [0.15, 0.2) is 4.34 Å². The predicted octanol–water partition coefficient (Wildman–Crippen LogP) is -2.37. The van der Waals surface area contributed by atoms with Gasteiger partial charge >= 0.3 is 0 Å². The lowest BCUT2D eigenvalue weighted by Gasteiger charge is -2.05. The summed E-state index contributed by atoms with van der Waals surface area (Å²) in [6.07, 6.45) is -0.366. The molecule has 2 amide bonds. The molecule has 1 aromatic heterocycles. The molecule has 9 nitrogen and oxygen atoms in total. The van der Waals surface area contributed by atoms with E-state index < -0.39 is 32.1 Å². The summed E-state index contributed by atoms with van der Waals surface area (Å²) in [5.41, 5.74) is 9.97. The molecule has 0 spiro atoms. The monoisotopic (exact) mass is 279 g/mol. The van der Waals surface area contributed by atoms with Crippen LogP contribution < -0.4 is 16.6 Å². The van der Waals surface area contributed by atoms with Crippen LogP contribution in [0.2, 0.25) is 0 Å². The van der Waals surface area contributed by atoms with E-state index in [1.807, 2.05) is 0 Å². The number of carbonyl (C=O) groups is 2. The molecule has 1 atom stereocenters. The van der Waals surface area contributed by atoms with E-state index in [2.05, 4.69) is 10.2 Å². The van der Waals surface area contributed by atoms with E-state index in [1.54, 1.807) is 0 Å². The van der Waals surface area contributed by atoms with Crippen molar-refractivity contribution in [2.24, 2.45) is 16.6 Å². The third-order valence-corrected chi connectivity index (χ3v) is 4.06. The van der Waals surface area contributed by atoms with Gasteiger partial charge in [0.1, 0.15) is 10.9 Å². The summed E-state index contributed by atoms with van der Waals surface area (Å²) in [6.45, 7) is 0. The molecule has 0 aromatic carbocycles. The third kappa shape index (κ3) is 3.44. The zero-order valence-corrected chi connectivity index (χ0v) is 9.99. The van der Waals surface area contributed by atoms with Gasteiger partial charge in [0.05, 0.1) is 0 Å². The maximum absolute atomic E-state index is 11.1. The largest absolute Gasteiger partial charge is 0.370 e. The fraction of sp³-hybridized carbons (Fsp3) is 0.333. The maximum atomic E-state index is 11.1. The number of hydrogen-bond acceptors (Lipinski definition) is 7. The summed E-state index contributed by atoms with van der Waals surface area (Å²) >= 11 is 0.574. The van der Waals surface area contributed by atoms with Crippen LogP contribution in [0.4, 0.5) is 0 Å². The SMILES string of the molecule is NC(=O)CC(C(N)=O)c1nnc(S(N)(=O)=O)s1. The molecule has 11 heteroatoms. The first-order chi connectivity index (χ1) is 7.71. The lowest BCUT2D eigenvalue weighted by atomic mass is 10.1. The standard InChI is InChI=1S/C6H9N5O4S2/c7-3(12)1-2(4(8)13)5-10-11-6(16-5)17(9,14)15/h2H,1H2,(H2,7,12)(H2,8,13)(H2,9,14,15). The maximum Gasteiger partial charge on any atom is 0.267 e. The Kier molecular flexibility index (Phi) is 3.75. The highest BCUT2D eigenvalue weighted by Gasteiger charge is 2.26. The van der Waals surface area contributed by atoms with Crippen molar-refractivity contribution in [1.29, 1.82) is 0 Å². The first kappa shape index (κ1) is 13.5. The Balaban J connectivity index is 3.09. The molecule has 6 N–H and O–H groups in total. The number of nitrogens with two attached hydrogens (primary N) is 3. The van der Waals surface area contributed by atoms with E-state index in [9.17, 15) is 18.0 Å². The van der Waals surface area contributed by atoms with Gasteiger partial charge in [-0.1, -0.05) is 11.3 Å². The summed E-state index contributed by atoms with van der Waals surface area (Å²) in [7, 11) is -3.99. The Hall–Kier alpha value is -1.59. The van der Waals surface area contributed by atoms with Gasteiger partial charge in [-0.05, 0) is 0 Å². The molecule has 17 heavy (non-hydrogen) atoms. The molecule has 1 heterocycles. The minimum atomic E-state index is -3.99. The minimum Gasteiger partial charge on any atom is -0.370 e. The molecular weight excluding hydrogens is 270 g/mol. The molecule has 0 radical (unpaired) electrons. The topological polar surface area (TPSA) is 172 Å². The van der Waals surface area contributed by atoms with Crippen molar-refractivity contribution in [3.05, 3.63) is 5.01 Å². The molecule has 1 unspecified atom stereocenters. The van der Waals surface area contributed by atoms with Crippen LogP contribution in [0.25, 0.3) is 0 Å². The predicted molar refractivity (Wildman–Crippen MR) is 57.0 cm³/mol. The van der Waals surface area contributed by atoms with Crippen LogP contribution in [0.3, 0.4) is 0 Å². The second-order valence-electron chi connectivity index (χ2n) is 3.08. The molecule has 0 aliphatic carbocycles. The first-order valence-electron chi connectivity index (χ1n) is 4.15. The average molecular weight is 279 g/mol. The zero-order chi connectivity index (χ0) is 13.2. The van der Waals surface area contributed by atoms with Crippen molar-refractivity contribution in [3.8, 4) is 0 Å². The van der Waals surface area contributed by atoms with Crippen LogP contribution in [-0.4, -0.2) is 30.4 Å². The number of nitrogens with zero attached hydrogens (tertiary/aromatic N) is 2. The highest BCUT2D eigenvalue weighted by atomic mass is 32.2. The number of primary sulfonamides is 1. The molecule has 0 saturated heterocycles. The summed E-state index contributed by atoms with van der Waals surface area (Å²) < 4.78 is 21.4. The van der Waals surface area contributed by atoms with Crippen molar-refractivity contribution in [2.75, 3.05) is 0 Å². The van der Waals surface area contributed by atoms with Gasteiger partial charge in [0.25, 0.3) is 10.0 Å². The van der Waals surface area contributed by atoms with Gasteiger partial charge in [-0.3, -0.25) is 9.59 Å². The highest BCUT2D eigenvalue weighted by molar-refractivity contribution is 7.91. The Labute approximate surface area is 100 Å². The fourth-order valence-corrected chi connectivity index (χ4v) is 2.55. The van der Waals surface area contributed by atoms with Crippen molar-refractivity contribution in [2.45, 2.75) is 16.7 Å². The summed E-state index contributed by atoms with van der Waals surface area (Å²) in [4.78, 5) is 21.8. The molecule has 0 aliphatic heterocycles. The number of rotatable bonds is 5. The molecule has 94 valence electrons. The Morgan fingerprint density at radius 3 is 2.24 bits per heavy atom. The molecule has 0 fully saturated rings. The number of sulfonamides is 1. The number of hydrogen-bond donors (Lipinski definition) is 3. The lowest BCUT2D eigenvalue weighted by Crippen LogP contribution is -2.26. The average Bonchev–Trinajstić information content (AvgIpc) is 2.60. The Morgan fingerprint density at radius 1 is 1.29 bits per heavy atom. The van der Waals surface area contributed by atoms with Crippen LogP contribution >= 0.6 is 11.3 Å². The summed E-state index contributed by atoms with van der Waals surface area (Å²) in [5.74, 6) is -2.71. The van der Waals surface area contributed by atoms with Crippen LogP contribution in [0.1, 0.15) is 17.3 Å². The molecule has 1 rings (SSSR count).